The van der Waals surface area contributed by atoms with Crippen LogP contribution in [0.15, 0.2) is 18.2 Å². The average Bonchev–Trinajstić information content (AvgIpc) is 2.83. The Morgan fingerprint density at radius 1 is 1.24 bits per heavy atom. The fourth-order valence-electron chi connectivity index (χ4n) is 3.46. The van der Waals surface area contributed by atoms with E-state index in [2.05, 4.69) is 56.1 Å². The van der Waals surface area contributed by atoms with Crippen molar-refractivity contribution in [2.24, 2.45) is 5.92 Å². The normalized spacial score (nSPS) is 20.9. The molecule has 1 heterocycles. The van der Waals surface area contributed by atoms with Crippen LogP contribution < -0.4 is 5.32 Å². The molecule has 1 aliphatic rings. The van der Waals surface area contributed by atoms with Gasteiger partial charge in [0, 0.05) is 12.6 Å². The Labute approximate surface area is 130 Å². The fourth-order valence-corrected chi connectivity index (χ4v) is 3.46. The number of benzene rings is 1. The van der Waals surface area contributed by atoms with E-state index in [1.54, 1.807) is 0 Å². The molecule has 21 heavy (non-hydrogen) atoms. The molecule has 0 aromatic heterocycles. The first-order valence-corrected chi connectivity index (χ1v) is 8.62. The van der Waals surface area contributed by atoms with Crippen molar-refractivity contribution in [2.45, 2.75) is 53.0 Å². The summed E-state index contributed by atoms with van der Waals surface area (Å²) in [4.78, 5) is 2.63. The van der Waals surface area contributed by atoms with Crippen LogP contribution in [0.1, 0.15) is 55.8 Å². The largest absolute Gasteiger partial charge is 0.310 e. The van der Waals surface area contributed by atoms with Gasteiger partial charge in [0.1, 0.15) is 0 Å². The smallest absolute Gasteiger partial charge is 0.0332 e. The second-order valence-corrected chi connectivity index (χ2v) is 6.91. The van der Waals surface area contributed by atoms with Crippen molar-refractivity contribution in [3.05, 3.63) is 34.9 Å². The Balaban J connectivity index is 1.99. The summed E-state index contributed by atoms with van der Waals surface area (Å²) in [5.74, 6) is 0.883. The van der Waals surface area contributed by atoms with Crippen LogP contribution in [0.3, 0.4) is 0 Å². The van der Waals surface area contributed by atoms with E-state index in [-0.39, 0.29) is 0 Å². The summed E-state index contributed by atoms with van der Waals surface area (Å²) in [6, 6.07) is 7.47. The molecule has 1 saturated heterocycles. The SMILES string of the molecule is CCCNC(CCN1CCC(C)C1)c1cc(C)cc(C)c1. The van der Waals surface area contributed by atoms with E-state index < -0.39 is 0 Å². The van der Waals surface area contributed by atoms with Crippen LogP contribution in [-0.2, 0) is 0 Å². The van der Waals surface area contributed by atoms with Crippen LogP contribution in [0.2, 0.25) is 0 Å². The van der Waals surface area contributed by atoms with E-state index >= 15 is 0 Å². The second kappa shape index (κ2) is 7.95. The third-order valence-corrected chi connectivity index (χ3v) is 4.53. The van der Waals surface area contributed by atoms with E-state index in [0.717, 1.165) is 12.5 Å². The van der Waals surface area contributed by atoms with Crippen LogP contribution in [0.5, 0.6) is 0 Å². The minimum absolute atomic E-state index is 0.499. The molecule has 0 saturated carbocycles. The molecule has 2 heteroatoms. The Kier molecular flexibility index (Phi) is 6.25. The molecule has 1 aromatic carbocycles. The molecule has 118 valence electrons. The number of rotatable bonds is 7. The van der Waals surface area contributed by atoms with Gasteiger partial charge < -0.3 is 10.2 Å². The highest BCUT2D eigenvalue weighted by atomic mass is 15.1. The van der Waals surface area contributed by atoms with Crippen molar-refractivity contribution in [3.8, 4) is 0 Å². The lowest BCUT2D eigenvalue weighted by atomic mass is 9.98. The number of hydrogen-bond donors (Lipinski definition) is 1. The molecule has 2 atom stereocenters. The molecule has 1 aromatic rings. The maximum atomic E-state index is 3.75. The summed E-state index contributed by atoms with van der Waals surface area (Å²) < 4.78 is 0. The van der Waals surface area contributed by atoms with Crippen molar-refractivity contribution in [3.63, 3.8) is 0 Å². The van der Waals surface area contributed by atoms with Gasteiger partial charge in [-0.1, -0.05) is 43.2 Å². The standard InChI is InChI=1S/C19H32N2/c1-5-8-20-19(7-10-21-9-6-15(2)14-21)18-12-16(3)11-17(4)13-18/h11-13,15,19-20H,5-10,14H2,1-4H3. The minimum atomic E-state index is 0.499. The monoisotopic (exact) mass is 288 g/mol. The summed E-state index contributed by atoms with van der Waals surface area (Å²) in [6.45, 7) is 13.9. The minimum Gasteiger partial charge on any atom is -0.310 e. The molecular weight excluding hydrogens is 256 g/mol. The van der Waals surface area contributed by atoms with Crippen molar-refractivity contribution < 1.29 is 0 Å². The highest BCUT2D eigenvalue weighted by molar-refractivity contribution is 5.30. The molecule has 0 radical (unpaired) electrons. The summed E-state index contributed by atoms with van der Waals surface area (Å²) in [5, 5.41) is 3.75. The molecule has 0 amide bonds. The van der Waals surface area contributed by atoms with Gasteiger partial charge in [-0.2, -0.15) is 0 Å². The summed E-state index contributed by atoms with van der Waals surface area (Å²) in [6.07, 6.45) is 3.79. The van der Waals surface area contributed by atoms with E-state index in [0.29, 0.717) is 6.04 Å². The van der Waals surface area contributed by atoms with E-state index in [9.17, 15) is 0 Å². The second-order valence-electron chi connectivity index (χ2n) is 6.91. The molecule has 2 unspecified atom stereocenters. The number of aryl methyl sites for hydroxylation is 2. The first-order valence-electron chi connectivity index (χ1n) is 8.62. The fraction of sp³-hybridized carbons (Fsp3) is 0.684. The summed E-state index contributed by atoms with van der Waals surface area (Å²) in [7, 11) is 0. The van der Waals surface area contributed by atoms with Crippen molar-refractivity contribution in [1.82, 2.24) is 10.2 Å². The summed E-state index contributed by atoms with van der Waals surface area (Å²) >= 11 is 0. The van der Waals surface area contributed by atoms with E-state index in [1.165, 1.54) is 55.6 Å². The molecule has 2 rings (SSSR count). The molecule has 0 aliphatic carbocycles. The Bertz CT molecular complexity index is 421. The number of nitrogens with zero attached hydrogens (tertiary/aromatic N) is 1. The van der Waals surface area contributed by atoms with Crippen LogP contribution in [0, 0.1) is 19.8 Å². The molecule has 1 aliphatic heterocycles. The molecule has 2 nitrogen and oxygen atoms in total. The lowest BCUT2D eigenvalue weighted by Gasteiger charge is -2.23. The van der Waals surface area contributed by atoms with Gasteiger partial charge in [-0.3, -0.25) is 0 Å². The predicted octanol–water partition coefficient (Wildman–Crippen LogP) is 4.08. The maximum absolute atomic E-state index is 3.75. The topological polar surface area (TPSA) is 15.3 Å². The Hall–Kier alpha value is -0.860. The Morgan fingerprint density at radius 3 is 2.52 bits per heavy atom. The molecule has 1 N–H and O–H groups in total. The van der Waals surface area contributed by atoms with Gasteiger partial charge >= 0.3 is 0 Å². The Morgan fingerprint density at radius 2 is 1.95 bits per heavy atom. The lowest BCUT2D eigenvalue weighted by molar-refractivity contribution is 0.301. The van der Waals surface area contributed by atoms with Crippen LogP contribution in [0.25, 0.3) is 0 Å². The van der Waals surface area contributed by atoms with Crippen LogP contribution >= 0.6 is 0 Å². The number of nitrogens with one attached hydrogen (secondary N) is 1. The third-order valence-electron chi connectivity index (χ3n) is 4.53. The van der Waals surface area contributed by atoms with Crippen LogP contribution in [-0.4, -0.2) is 31.1 Å². The third kappa shape index (κ3) is 5.12. The molecule has 0 bridgehead atoms. The highest BCUT2D eigenvalue weighted by Crippen LogP contribution is 2.22. The molecule has 1 fully saturated rings. The zero-order valence-corrected chi connectivity index (χ0v) is 14.3. The van der Waals surface area contributed by atoms with Gasteiger partial charge in [-0.15, -0.1) is 0 Å². The number of likely N-dealkylation sites (tertiary alicyclic amines) is 1. The quantitative estimate of drug-likeness (QED) is 0.813. The van der Waals surface area contributed by atoms with Gasteiger partial charge in [0.25, 0.3) is 0 Å². The predicted molar refractivity (Wildman–Crippen MR) is 91.8 cm³/mol. The zero-order chi connectivity index (χ0) is 15.2. The van der Waals surface area contributed by atoms with Gasteiger partial charge in [0.15, 0.2) is 0 Å². The van der Waals surface area contributed by atoms with Crippen molar-refractivity contribution >= 4 is 0 Å². The van der Waals surface area contributed by atoms with Gasteiger partial charge in [0.05, 0.1) is 0 Å². The highest BCUT2D eigenvalue weighted by Gasteiger charge is 2.20. The lowest BCUT2D eigenvalue weighted by Crippen LogP contribution is -2.29. The molecular formula is C19H32N2. The first kappa shape index (κ1) is 16.5. The maximum Gasteiger partial charge on any atom is 0.0332 e. The van der Waals surface area contributed by atoms with Gasteiger partial charge in [-0.05, 0) is 64.2 Å². The van der Waals surface area contributed by atoms with Gasteiger partial charge in [-0.25, -0.2) is 0 Å². The van der Waals surface area contributed by atoms with Crippen molar-refractivity contribution in [1.29, 1.82) is 0 Å². The first-order chi connectivity index (χ1) is 10.1. The molecule has 0 spiro atoms. The van der Waals surface area contributed by atoms with Gasteiger partial charge in [0.2, 0.25) is 0 Å². The zero-order valence-electron chi connectivity index (χ0n) is 14.3. The van der Waals surface area contributed by atoms with E-state index in [4.69, 9.17) is 0 Å². The van der Waals surface area contributed by atoms with Crippen molar-refractivity contribution in [2.75, 3.05) is 26.2 Å². The summed E-state index contributed by atoms with van der Waals surface area (Å²) in [5.41, 5.74) is 4.22. The van der Waals surface area contributed by atoms with Crippen LogP contribution in [0.4, 0.5) is 0 Å². The average molecular weight is 288 g/mol. The van der Waals surface area contributed by atoms with E-state index in [1.807, 2.05) is 0 Å². The number of hydrogen-bond acceptors (Lipinski definition) is 2.